The number of halogens is 1. The fraction of sp³-hybridized carbons (Fsp3) is 0.231. The number of aryl methyl sites for hydroxylation is 2. The molecule has 0 saturated heterocycles. The maximum absolute atomic E-state index is 11.9. The third-order valence-electron chi connectivity index (χ3n) is 20.9. The van der Waals surface area contributed by atoms with Crippen molar-refractivity contribution in [3.05, 3.63) is 372 Å². The second kappa shape index (κ2) is 48.4. The normalized spacial score (nSPS) is 12.9. The molecular weight excluding hydrogens is 1660 g/mol. The van der Waals surface area contributed by atoms with E-state index < -0.39 is 20.2 Å². The van der Waals surface area contributed by atoms with Crippen LogP contribution in [0.3, 0.4) is 0 Å². The van der Waals surface area contributed by atoms with Crippen molar-refractivity contribution in [2.75, 3.05) is 98.8 Å². The standard InChI is InChI=1S/C45H50N3O4.C45H47N3O4.2C7H8O3S.ClH/c2*1-7-47(28-30-51-44(49)32(3)4)37-22-18-34(19-23-37)43(35-20-24-38(25-21-35)48(8-2)29-31-52-45(50)33(5)6)41-26-27-42(40-17-13-12-16-39(40)41)46-36-14-10-9-11-15-36;2*1-6-2-4-7(5-3-6)11(8,9)10;/h9-27,34,43,46H,3,5,7-8,28-31H2,1-2,4,6H3;9-27H,3,5,7-8,28-31H2,1-2,4,6H3;2*2-5H,1H3,(H,8,9,10);1H/q+1;;;;/p-2. The Morgan fingerprint density at radius 2 is 0.850 bits per heavy atom. The number of benzene rings is 10. The number of anilines is 5. The van der Waals surface area contributed by atoms with E-state index in [0.717, 1.165) is 122 Å². The molecule has 2 N–H and O–H groups in total. The Labute approximate surface area is 754 Å². The van der Waals surface area contributed by atoms with Crippen LogP contribution in [-0.4, -0.2) is 145 Å². The van der Waals surface area contributed by atoms with E-state index in [0.29, 0.717) is 61.7 Å². The Morgan fingerprint density at radius 3 is 1.27 bits per heavy atom. The Hall–Kier alpha value is -13.1. The number of carbonyl (C=O) groups excluding carboxylic acids is 4. The van der Waals surface area contributed by atoms with E-state index in [1.54, 1.807) is 52.0 Å². The molecule has 10 aromatic rings. The van der Waals surface area contributed by atoms with Crippen LogP contribution < -0.4 is 37.4 Å². The predicted octanol–water partition coefficient (Wildman–Crippen LogP) is 15.1. The highest BCUT2D eigenvalue weighted by Crippen LogP contribution is 2.43. The van der Waals surface area contributed by atoms with Crippen molar-refractivity contribution < 1.29 is 86.0 Å². The summed E-state index contributed by atoms with van der Waals surface area (Å²) in [5.74, 6) is -1.38. The monoisotopic (exact) mass is 1770 g/mol. The second-order valence-corrected chi connectivity index (χ2v) is 33.0. The number of carbonyl (C=O) groups is 4. The highest BCUT2D eigenvalue weighted by molar-refractivity contribution is 7.86. The van der Waals surface area contributed by atoms with Crippen molar-refractivity contribution in [3.8, 4) is 0 Å². The van der Waals surface area contributed by atoms with E-state index in [-0.39, 0.29) is 71.1 Å². The Kier molecular flexibility index (Phi) is 37.9. The van der Waals surface area contributed by atoms with Crippen LogP contribution in [0, 0.1) is 19.8 Å². The van der Waals surface area contributed by atoms with Gasteiger partial charge in [-0.3, -0.25) is 0 Å². The topological polar surface area (TPSA) is 258 Å². The summed E-state index contributed by atoms with van der Waals surface area (Å²) >= 11 is 0. The number of hydrogen-bond acceptors (Lipinski definition) is 18. The minimum Gasteiger partial charge on any atom is -1.00 e. The molecule has 0 fully saturated rings. The van der Waals surface area contributed by atoms with E-state index in [2.05, 4.69) is 278 Å². The molecule has 0 spiro atoms. The molecular formula is C104H112ClN6O14S2-. The molecule has 662 valence electrons. The van der Waals surface area contributed by atoms with E-state index in [1.807, 2.05) is 50.2 Å². The fourth-order valence-corrected chi connectivity index (χ4v) is 15.0. The smallest absolute Gasteiger partial charge is 0.333 e. The first-order valence-corrected chi connectivity index (χ1v) is 44.7. The molecule has 0 saturated carbocycles. The van der Waals surface area contributed by atoms with Gasteiger partial charge in [0.1, 0.15) is 53.2 Å². The molecule has 12 rings (SSSR count). The van der Waals surface area contributed by atoms with Gasteiger partial charge in [0.05, 0.1) is 35.0 Å². The average molecular weight is 1770 g/mol. The molecule has 127 heavy (non-hydrogen) atoms. The summed E-state index contributed by atoms with van der Waals surface area (Å²) in [5, 5.41) is 5.98. The lowest BCUT2D eigenvalue weighted by atomic mass is 9.77. The van der Waals surface area contributed by atoms with E-state index in [4.69, 9.17) is 18.9 Å². The van der Waals surface area contributed by atoms with Crippen LogP contribution in [0.15, 0.2) is 338 Å². The van der Waals surface area contributed by atoms with Crippen molar-refractivity contribution in [2.45, 2.75) is 84.9 Å². The lowest BCUT2D eigenvalue weighted by molar-refractivity contribution is -0.524. The number of fused-ring (bicyclic) bond motifs is 2. The molecule has 10 aromatic carbocycles. The molecule has 1 unspecified atom stereocenters. The zero-order valence-electron chi connectivity index (χ0n) is 73.7. The first kappa shape index (κ1) is 99.3. The van der Waals surface area contributed by atoms with Gasteiger partial charge in [0.25, 0.3) is 0 Å². The van der Waals surface area contributed by atoms with Crippen molar-refractivity contribution in [3.63, 3.8) is 0 Å². The second-order valence-electron chi connectivity index (χ2n) is 30.2. The van der Waals surface area contributed by atoms with Crippen LogP contribution in [-0.2, 0) is 58.4 Å². The molecule has 2 aliphatic rings. The summed E-state index contributed by atoms with van der Waals surface area (Å²) < 4.78 is 86.1. The predicted molar refractivity (Wildman–Crippen MR) is 505 cm³/mol. The molecule has 0 heterocycles. The largest absolute Gasteiger partial charge is 1.00 e. The Balaban J connectivity index is 0.000000251. The van der Waals surface area contributed by atoms with Gasteiger partial charge in [-0.2, -0.15) is 0 Å². The van der Waals surface area contributed by atoms with Crippen LogP contribution >= 0.6 is 0 Å². The summed E-state index contributed by atoms with van der Waals surface area (Å²) in [5.41, 5.74) is 20.9. The summed E-state index contributed by atoms with van der Waals surface area (Å²) in [6, 6.07) is 79.5. The molecule has 0 bridgehead atoms. The lowest BCUT2D eigenvalue weighted by Gasteiger charge is -2.28. The molecule has 0 aliphatic heterocycles. The highest BCUT2D eigenvalue weighted by atomic mass is 35.5. The SMILES string of the molecule is C=C(C)C(=O)OCCN(CC)c1ccc(C(=C2C=CC(=[NH+]c3ccccc3)c3ccccc32)c2ccc(N(CC)CCOC(=O)C(=C)C)cc2)cc1.C=C(C)C(=O)OCCN(CC)c1ccc(C(c2ccc(Nc3ccccc3)c3ccccc23)C2C=CC(=[N+](CC)CCOC(=O)C(=C)C)C=C2)cc1.Cc1ccc(S(=O)(=O)[O-])cc1.Cc1ccc(S(=O)(=O)[O-])cc1.[Cl-]. The van der Waals surface area contributed by atoms with Gasteiger partial charge in [-0.05, 0) is 205 Å². The van der Waals surface area contributed by atoms with Gasteiger partial charge < -0.3 is 60.5 Å². The van der Waals surface area contributed by atoms with Gasteiger partial charge in [-0.15, -0.1) is 0 Å². The van der Waals surface area contributed by atoms with E-state index in [1.165, 1.54) is 40.8 Å². The first-order valence-electron chi connectivity index (χ1n) is 41.8. The third-order valence-corrected chi connectivity index (χ3v) is 22.6. The number of allylic oxidation sites excluding steroid dienone is 7. The number of likely N-dealkylation sites (N-methyl/N-ethyl adjacent to an activating group) is 4. The van der Waals surface area contributed by atoms with Crippen LogP contribution in [0.5, 0.6) is 0 Å². The number of ether oxygens (including phenoxy) is 4. The maximum atomic E-state index is 11.9. The molecule has 0 amide bonds. The maximum Gasteiger partial charge on any atom is 0.333 e. The van der Waals surface area contributed by atoms with Gasteiger partial charge in [-0.1, -0.05) is 195 Å². The van der Waals surface area contributed by atoms with Gasteiger partial charge >= 0.3 is 23.9 Å². The van der Waals surface area contributed by atoms with Crippen molar-refractivity contribution in [1.82, 2.24) is 0 Å². The summed E-state index contributed by atoms with van der Waals surface area (Å²) in [6.07, 6.45) is 13.3. The zero-order chi connectivity index (χ0) is 91.0. The quantitative estimate of drug-likeness (QED) is 0.0127. The molecule has 20 nitrogen and oxygen atoms in total. The van der Waals surface area contributed by atoms with Crippen LogP contribution in [0.4, 0.5) is 34.1 Å². The number of nitrogens with one attached hydrogen (secondary N) is 2. The summed E-state index contributed by atoms with van der Waals surface area (Å²) in [7, 11) is -8.54. The van der Waals surface area contributed by atoms with Crippen molar-refractivity contribution in [1.29, 1.82) is 0 Å². The molecule has 1 atom stereocenters. The average Bonchev–Trinajstić information content (AvgIpc) is 0.769. The van der Waals surface area contributed by atoms with Crippen molar-refractivity contribution >= 4 is 112 Å². The van der Waals surface area contributed by atoms with Crippen molar-refractivity contribution in [2.24, 2.45) is 5.92 Å². The minimum absolute atomic E-state index is 0. The van der Waals surface area contributed by atoms with Crippen LogP contribution in [0.2, 0.25) is 0 Å². The highest BCUT2D eigenvalue weighted by Gasteiger charge is 2.29. The lowest BCUT2D eigenvalue weighted by Crippen LogP contribution is -3.00. The summed E-state index contributed by atoms with van der Waals surface area (Å²) in [6.45, 7) is 40.0. The first-order chi connectivity index (χ1) is 60.4. The molecule has 0 aromatic heterocycles. The van der Waals surface area contributed by atoms with Gasteiger partial charge in [0, 0.05) is 118 Å². The number of para-hydroxylation sites is 2. The molecule has 23 heteroatoms. The number of rotatable bonds is 33. The fourth-order valence-electron chi connectivity index (χ4n) is 14.1. The molecule has 2 aliphatic carbocycles. The third kappa shape index (κ3) is 29.0. The van der Waals surface area contributed by atoms with E-state index >= 15 is 0 Å². The number of hydrogen-bond donors (Lipinski definition) is 2. The van der Waals surface area contributed by atoms with Gasteiger partial charge in [-0.25, -0.2) is 45.6 Å². The molecule has 0 radical (unpaired) electrons. The van der Waals surface area contributed by atoms with Gasteiger partial charge in [0.2, 0.25) is 11.4 Å². The minimum atomic E-state index is -4.27. The number of esters is 4. The van der Waals surface area contributed by atoms with Crippen LogP contribution in [0.25, 0.3) is 21.9 Å². The Bertz CT molecular complexity index is 5760. The van der Waals surface area contributed by atoms with Crippen LogP contribution in [0.1, 0.15) is 106 Å². The van der Waals surface area contributed by atoms with E-state index in [9.17, 15) is 45.1 Å². The zero-order valence-corrected chi connectivity index (χ0v) is 76.1. The Morgan fingerprint density at radius 1 is 0.457 bits per heavy atom. The summed E-state index contributed by atoms with van der Waals surface area (Å²) in [4.78, 5) is 57.6. The van der Waals surface area contributed by atoms with Gasteiger partial charge in [0.15, 0.2) is 12.3 Å². The number of nitrogens with zero attached hydrogens (tertiary/aromatic N) is 4.